The fraction of sp³-hybridized carbons (Fsp3) is 0.611. The van der Waals surface area contributed by atoms with Crippen molar-refractivity contribution in [2.75, 3.05) is 57.9 Å². The lowest BCUT2D eigenvalue weighted by Gasteiger charge is -2.50. The van der Waals surface area contributed by atoms with Gasteiger partial charge in [-0.3, -0.25) is 9.59 Å². The van der Waals surface area contributed by atoms with Gasteiger partial charge in [-0.25, -0.2) is 8.42 Å². The van der Waals surface area contributed by atoms with Crippen LogP contribution >= 0.6 is 0 Å². The number of carbonyl (C=O) groups excluding carboxylic acids is 2. The van der Waals surface area contributed by atoms with Crippen LogP contribution < -0.4 is 5.32 Å². The van der Waals surface area contributed by atoms with E-state index in [0.717, 1.165) is 49.9 Å². The summed E-state index contributed by atoms with van der Waals surface area (Å²) in [6, 6.07) is 13.7. The van der Waals surface area contributed by atoms with E-state index in [2.05, 4.69) is 30.4 Å². The molecule has 2 saturated carbocycles. The van der Waals surface area contributed by atoms with Crippen LogP contribution in [-0.2, 0) is 35.5 Å². The van der Waals surface area contributed by atoms with Gasteiger partial charge in [-0.2, -0.15) is 4.31 Å². The third kappa shape index (κ3) is 6.02. The molecule has 5 atom stereocenters. The molecule has 0 spiro atoms. The molecule has 10 heteroatoms. The number of hydrogen-bond donors (Lipinski definition) is 1. The van der Waals surface area contributed by atoms with E-state index in [1.54, 1.807) is 18.2 Å². The Morgan fingerprint density at radius 1 is 0.978 bits per heavy atom. The Hall–Kier alpha value is -2.79. The summed E-state index contributed by atoms with van der Waals surface area (Å²) in [6.45, 7) is 6.42. The summed E-state index contributed by atoms with van der Waals surface area (Å²) in [5, 5.41) is 3.46. The van der Waals surface area contributed by atoms with E-state index >= 15 is 0 Å². The lowest BCUT2D eigenvalue weighted by Crippen LogP contribution is -2.44. The van der Waals surface area contributed by atoms with Crippen LogP contribution in [0.25, 0.3) is 0 Å². The maximum atomic E-state index is 13.5. The molecule has 1 amide bonds. The summed E-state index contributed by atoms with van der Waals surface area (Å²) in [5.74, 6) is 2.31. The van der Waals surface area contributed by atoms with Crippen molar-refractivity contribution in [2.45, 2.75) is 69.1 Å². The Morgan fingerprint density at radius 3 is 2.50 bits per heavy atom. The fourth-order valence-corrected chi connectivity index (χ4v) is 10.8. The van der Waals surface area contributed by atoms with Crippen molar-refractivity contribution in [1.29, 1.82) is 0 Å². The maximum absolute atomic E-state index is 13.5. The number of morpholine rings is 2. The van der Waals surface area contributed by atoms with Crippen LogP contribution in [0.4, 0.5) is 11.4 Å². The number of ether oxygens (including phenoxy) is 2. The van der Waals surface area contributed by atoms with Crippen molar-refractivity contribution in [3.8, 4) is 0 Å². The molecule has 4 fully saturated rings. The highest BCUT2D eigenvalue weighted by Gasteiger charge is 2.58. The van der Waals surface area contributed by atoms with Crippen molar-refractivity contribution in [2.24, 2.45) is 23.2 Å². The van der Waals surface area contributed by atoms with E-state index in [-0.39, 0.29) is 16.2 Å². The van der Waals surface area contributed by atoms with Crippen molar-refractivity contribution in [3.05, 3.63) is 53.6 Å². The highest BCUT2D eigenvalue weighted by Crippen LogP contribution is 2.62. The lowest BCUT2D eigenvalue weighted by molar-refractivity contribution is -0.135. The van der Waals surface area contributed by atoms with Gasteiger partial charge in [-0.1, -0.05) is 19.1 Å². The fourth-order valence-electron chi connectivity index (χ4n) is 9.31. The number of nitrogens with one attached hydrogen (secondary N) is 1. The molecule has 2 aliphatic heterocycles. The molecular formula is C36H47N3O6S. The highest BCUT2D eigenvalue weighted by atomic mass is 32.2. The summed E-state index contributed by atoms with van der Waals surface area (Å²) in [7, 11) is -3.57. The highest BCUT2D eigenvalue weighted by molar-refractivity contribution is 7.89. The average molecular weight is 650 g/mol. The quantitative estimate of drug-likeness (QED) is 0.423. The van der Waals surface area contributed by atoms with Gasteiger partial charge in [-0.05, 0) is 104 Å². The number of carbonyl (C=O) groups is 2. The second-order valence-corrected chi connectivity index (χ2v) is 16.1. The summed E-state index contributed by atoms with van der Waals surface area (Å²) < 4.78 is 38.7. The number of aryl methyl sites for hydroxylation is 1. The summed E-state index contributed by atoms with van der Waals surface area (Å²) in [5.41, 5.74) is 4.22. The molecule has 0 radical (unpaired) electrons. The first-order chi connectivity index (χ1) is 22.2. The summed E-state index contributed by atoms with van der Waals surface area (Å²) in [4.78, 5) is 28.5. The van der Waals surface area contributed by atoms with Crippen LogP contribution in [0.3, 0.4) is 0 Å². The number of sulfonamides is 1. The molecule has 2 saturated heterocycles. The van der Waals surface area contributed by atoms with Gasteiger partial charge in [-0.15, -0.1) is 0 Å². The molecular weight excluding hydrogens is 602 g/mol. The second-order valence-electron chi connectivity index (χ2n) is 14.1. The molecule has 2 aromatic carbocycles. The number of anilines is 2. The van der Waals surface area contributed by atoms with Crippen LogP contribution in [0.5, 0.6) is 0 Å². The molecule has 9 nitrogen and oxygen atoms in total. The number of benzene rings is 2. The number of ketones is 1. The molecule has 5 aliphatic rings. The predicted octanol–water partition coefficient (Wildman–Crippen LogP) is 5.13. The first-order valence-corrected chi connectivity index (χ1v) is 18.6. The minimum absolute atomic E-state index is 0.221. The molecule has 46 heavy (non-hydrogen) atoms. The van der Waals surface area contributed by atoms with E-state index in [1.165, 1.54) is 15.4 Å². The molecule has 248 valence electrons. The molecule has 0 aromatic heterocycles. The van der Waals surface area contributed by atoms with E-state index in [1.807, 2.05) is 11.0 Å². The van der Waals surface area contributed by atoms with E-state index in [4.69, 9.17) is 9.47 Å². The molecule has 2 aromatic rings. The van der Waals surface area contributed by atoms with Crippen molar-refractivity contribution in [1.82, 2.24) is 9.21 Å². The van der Waals surface area contributed by atoms with Crippen molar-refractivity contribution in [3.63, 3.8) is 0 Å². The Kier molecular flexibility index (Phi) is 9.00. The smallest absolute Gasteiger partial charge is 0.243 e. The molecule has 7 rings (SSSR count). The van der Waals surface area contributed by atoms with Crippen LogP contribution in [-0.4, -0.2) is 81.9 Å². The minimum Gasteiger partial charge on any atom is -0.379 e. The number of rotatable bonds is 8. The Balaban J connectivity index is 1.03. The number of Topliss-reactive ketones (excluding diaryl/α,β-unsaturated/α-hetero) is 1. The molecule has 0 bridgehead atoms. The zero-order valence-electron chi connectivity index (χ0n) is 26.9. The van der Waals surface area contributed by atoms with E-state index in [0.29, 0.717) is 94.9 Å². The summed E-state index contributed by atoms with van der Waals surface area (Å²) >= 11 is 0. The van der Waals surface area contributed by atoms with Gasteiger partial charge >= 0.3 is 0 Å². The van der Waals surface area contributed by atoms with Crippen molar-refractivity contribution >= 4 is 33.1 Å². The zero-order chi connectivity index (χ0) is 31.9. The second kappa shape index (κ2) is 13.0. The SMILES string of the molecule is C[C@]12CC[C@@H]3c4ccc(Nc5cccc(S(=O)(=O)N6CCOCC6)c5)cc4CC[C@H]3[C@@H]1[C@@H](CCCC(=O)N1CCOCC1)CC2=O. The zero-order valence-corrected chi connectivity index (χ0v) is 27.7. The van der Waals surface area contributed by atoms with Crippen LogP contribution in [0.15, 0.2) is 47.4 Å². The monoisotopic (exact) mass is 649 g/mol. The van der Waals surface area contributed by atoms with Crippen LogP contribution in [0.2, 0.25) is 0 Å². The maximum Gasteiger partial charge on any atom is 0.243 e. The topological polar surface area (TPSA) is 105 Å². The summed E-state index contributed by atoms with van der Waals surface area (Å²) in [6.07, 6.45) is 7.03. The largest absolute Gasteiger partial charge is 0.379 e. The van der Waals surface area contributed by atoms with Gasteiger partial charge in [0, 0.05) is 55.8 Å². The number of amides is 1. The molecule has 1 N–H and O–H groups in total. The van der Waals surface area contributed by atoms with Crippen molar-refractivity contribution < 1.29 is 27.5 Å². The van der Waals surface area contributed by atoms with Gasteiger partial charge in [0.05, 0.1) is 31.3 Å². The predicted molar refractivity (Wildman–Crippen MR) is 175 cm³/mol. The minimum atomic E-state index is -3.57. The van der Waals surface area contributed by atoms with Gasteiger partial charge in [0.25, 0.3) is 0 Å². The Labute approximate surface area is 273 Å². The number of nitrogens with zero attached hydrogens (tertiary/aromatic N) is 2. The normalized spacial score (nSPS) is 29.9. The van der Waals surface area contributed by atoms with Crippen LogP contribution in [0.1, 0.15) is 68.9 Å². The molecule has 3 aliphatic carbocycles. The average Bonchev–Trinajstić information content (AvgIpc) is 3.34. The van der Waals surface area contributed by atoms with E-state index in [9.17, 15) is 18.0 Å². The molecule has 0 unspecified atom stereocenters. The standard InChI is InChI=1S/C36H47N3O6S/c1-36-13-12-31-30-11-9-28(37-27-5-3-6-29(24-27)46(42,43)39-16-20-45-21-17-39)22-25(30)8-10-32(31)35(36)26(23-33(36)40)4-2-7-34(41)38-14-18-44-19-15-38/h3,5-6,9,11,22,24,26,31-32,35,37H,2,4,7-8,10,12-21,23H2,1H3/t26-,31+,32+,35-,36+/m0/s1. The lowest BCUT2D eigenvalue weighted by atomic mass is 9.54. The van der Waals surface area contributed by atoms with E-state index < -0.39 is 10.0 Å². The molecule has 2 heterocycles. The van der Waals surface area contributed by atoms with Gasteiger partial charge in [0.15, 0.2) is 0 Å². The number of fused-ring (bicyclic) bond motifs is 5. The van der Waals surface area contributed by atoms with Gasteiger partial charge in [0.1, 0.15) is 5.78 Å². The van der Waals surface area contributed by atoms with Crippen LogP contribution in [0, 0.1) is 23.2 Å². The third-order valence-electron chi connectivity index (χ3n) is 11.6. The first kappa shape index (κ1) is 31.8. The van der Waals surface area contributed by atoms with Gasteiger partial charge < -0.3 is 19.7 Å². The third-order valence-corrected chi connectivity index (χ3v) is 13.5. The Morgan fingerprint density at radius 2 is 1.72 bits per heavy atom. The Bertz CT molecular complexity index is 1570. The number of hydrogen-bond acceptors (Lipinski definition) is 7. The first-order valence-electron chi connectivity index (χ1n) is 17.2. The van der Waals surface area contributed by atoms with Gasteiger partial charge in [0.2, 0.25) is 15.9 Å².